The Bertz CT molecular complexity index is 6350. The highest BCUT2D eigenvalue weighted by atomic mass is 28.3. The molecule has 1 aliphatic carbocycles. The number of furan rings is 2. The molecule has 0 amide bonds. The minimum absolute atomic E-state index is 0.0215. The standard InChI is InChI=1S/C101H85N3O2Si/c1-98(2,3)66-44-46-69(47-45-66)101(70-52-58-73(59-53-70)102(71-54-48-67(49-55-71)99(4,5)6)72-56-50-68(51-57-72)100(7,8)9)83-62-74(103(85-37-22-28-64-26-12-14-30-75(64)85)87-39-24-35-79-77-32-16-19-41-90(77)105-95(79)87)60-61-81(83)93-84(101)63-89(94-82-34-18-21-43-92(82)107(10,11)97(93)94)104(86-38-23-29-65-27-13-15-31-76(65)86)88-40-25-36-80-78-33-17-20-42-91(78)106-96(80)88/h12-63H,1-11H3. The molecule has 2 aliphatic rings. The molecule has 5 nitrogen and oxygen atoms in total. The Morgan fingerprint density at radius 1 is 0.290 bits per heavy atom. The van der Waals surface area contributed by atoms with Crippen LogP contribution in [0.3, 0.4) is 0 Å². The van der Waals surface area contributed by atoms with Crippen LogP contribution in [0.1, 0.15) is 101 Å². The van der Waals surface area contributed by atoms with Crippen LogP contribution in [0, 0.1) is 0 Å². The predicted octanol–water partition coefficient (Wildman–Crippen LogP) is 27.3. The molecular weight excluding hydrogens is 1320 g/mol. The van der Waals surface area contributed by atoms with Crippen LogP contribution in [0.15, 0.2) is 324 Å². The lowest BCUT2D eigenvalue weighted by molar-refractivity contribution is 0.589. The zero-order valence-electron chi connectivity index (χ0n) is 62.7. The molecule has 2 aromatic heterocycles. The topological polar surface area (TPSA) is 36.0 Å². The summed E-state index contributed by atoms with van der Waals surface area (Å²) in [6.45, 7) is 26.0. The van der Waals surface area contributed by atoms with Crippen molar-refractivity contribution in [1.82, 2.24) is 0 Å². The van der Waals surface area contributed by atoms with Gasteiger partial charge in [-0.2, -0.15) is 0 Å². The van der Waals surface area contributed by atoms with E-state index in [0.717, 1.165) is 122 Å². The third-order valence-corrected chi connectivity index (χ3v) is 26.9. The van der Waals surface area contributed by atoms with Crippen LogP contribution in [0.2, 0.25) is 13.1 Å². The van der Waals surface area contributed by atoms with E-state index in [1.807, 2.05) is 0 Å². The Balaban J connectivity index is 0.963. The van der Waals surface area contributed by atoms with E-state index in [1.165, 1.54) is 66.0 Å². The van der Waals surface area contributed by atoms with E-state index in [9.17, 15) is 0 Å². The van der Waals surface area contributed by atoms with Crippen molar-refractivity contribution in [3.8, 4) is 22.3 Å². The molecule has 0 N–H and O–H groups in total. The average molecular weight is 1400 g/mol. The van der Waals surface area contributed by atoms with Crippen molar-refractivity contribution in [2.24, 2.45) is 0 Å². The van der Waals surface area contributed by atoms with Gasteiger partial charge in [0.25, 0.3) is 0 Å². The fraction of sp³-hybridized carbons (Fsp3) is 0.149. The van der Waals surface area contributed by atoms with Gasteiger partial charge in [-0.1, -0.05) is 300 Å². The number of rotatable bonds is 11. The fourth-order valence-electron chi connectivity index (χ4n) is 18.0. The Kier molecular flexibility index (Phi) is 14.9. The molecule has 3 heterocycles. The van der Waals surface area contributed by atoms with E-state index in [-0.39, 0.29) is 16.2 Å². The van der Waals surface area contributed by atoms with Gasteiger partial charge in [0, 0.05) is 60.6 Å². The van der Waals surface area contributed by atoms with Crippen LogP contribution in [-0.2, 0) is 21.7 Å². The Morgan fingerprint density at radius 3 is 1.21 bits per heavy atom. The first kappa shape index (κ1) is 65.8. The Hall–Kier alpha value is -12.0. The molecule has 107 heavy (non-hydrogen) atoms. The summed E-state index contributed by atoms with van der Waals surface area (Å²) in [5.41, 5.74) is 25.3. The highest BCUT2D eigenvalue weighted by molar-refractivity contribution is 7.04. The third kappa shape index (κ3) is 10.3. The molecule has 19 rings (SSSR count). The van der Waals surface area contributed by atoms with Gasteiger partial charge in [-0.15, -0.1) is 0 Å². The second kappa shape index (κ2) is 24.3. The van der Waals surface area contributed by atoms with Crippen molar-refractivity contribution in [2.45, 2.75) is 97.1 Å². The van der Waals surface area contributed by atoms with E-state index in [2.05, 4.69) is 406 Å². The number of anilines is 9. The highest BCUT2D eigenvalue weighted by Gasteiger charge is 2.53. The summed E-state index contributed by atoms with van der Waals surface area (Å²) in [7, 11) is -2.75. The third-order valence-electron chi connectivity index (χ3n) is 23.4. The number of benzene rings is 15. The van der Waals surface area contributed by atoms with Crippen molar-refractivity contribution in [3.05, 3.63) is 354 Å². The normalized spacial score (nSPS) is 14.6. The van der Waals surface area contributed by atoms with E-state index >= 15 is 0 Å². The van der Waals surface area contributed by atoms with Crippen LogP contribution in [-0.4, -0.2) is 8.07 Å². The van der Waals surface area contributed by atoms with Gasteiger partial charge in [0.2, 0.25) is 0 Å². The summed E-state index contributed by atoms with van der Waals surface area (Å²) in [6.07, 6.45) is 0. The van der Waals surface area contributed by atoms with Crippen LogP contribution >= 0.6 is 0 Å². The summed E-state index contributed by atoms with van der Waals surface area (Å²) in [4.78, 5) is 7.52. The van der Waals surface area contributed by atoms with E-state index < -0.39 is 13.5 Å². The van der Waals surface area contributed by atoms with Gasteiger partial charge in [-0.25, -0.2) is 0 Å². The SMILES string of the molecule is CC(C)(C)c1ccc(N(c2ccc(C(C)(C)C)cc2)c2ccc(C3(c4ccc(C(C)(C)C)cc4)c4cc(N(c5cccc6ccccc56)c5cccc6c5oc5ccccc56)ccc4-c4c3cc(N(c3cccc5ccccc35)c3cccc5c3oc3ccccc35)c3c4[Si](C)(C)c4ccccc4-3)cc2)cc1. The first-order valence-electron chi connectivity index (χ1n) is 37.8. The molecule has 0 spiro atoms. The zero-order valence-corrected chi connectivity index (χ0v) is 63.7. The first-order chi connectivity index (χ1) is 51.7. The molecule has 0 saturated heterocycles. The molecule has 6 heteroatoms. The van der Waals surface area contributed by atoms with Crippen molar-refractivity contribution < 1.29 is 8.83 Å². The van der Waals surface area contributed by atoms with Gasteiger partial charge in [-0.05, 0) is 184 Å². The molecule has 0 radical (unpaired) electrons. The Morgan fingerprint density at radius 2 is 0.682 bits per heavy atom. The van der Waals surface area contributed by atoms with Gasteiger partial charge in [-0.3, -0.25) is 0 Å². The molecule has 1 unspecified atom stereocenters. The van der Waals surface area contributed by atoms with Gasteiger partial charge < -0.3 is 23.5 Å². The van der Waals surface area contributed by atoms with Gasteiger partial charge >= 0.3 is 0 Å². The van der Waals surface area contributed by atoms with Crippen molar-refractivity contribution in [3.63, 3.8) is 0 Å². The minimum atomic E-state index is -2.75. The largest absolute Gasteiger partial charge is 0.454 e. The summed E-state index contributed by atoms with van der Waals surface area (Å²) in [5.74, 6) is 0. The van der Waals surface area contributed by atoms with Crippen LogP contribution in [0.25, 0.3) is 87.7 Å². The second-order valence-electron chi connectivity index (χ2n) is 33.2. The maximum atomic E-state index is 7.28. The minimum Gasteiger partial charge on any atom is -0.454 e. The molecule has 17 aromatic rings. The predicted molar refractivity (Wildman–Crippen MR) is 456 cm³/mol. The molecular formula is C101H85N3O2Si. The molecule has 15 aromatic carbocycles. The first-order valence-corrected chi connectivity index (χ1v) is 40.8. The molecule has 520 valence electrons. The summed E-state index contributed by atoms with van der Waals surface area (Å²) < 4.78 is 14.4. The zero-order chi connectivity index (χ0) is 73.0. The second-order valence-corrected chi connectivity index (χ2v) is 37.5. The molecule has 0 saturated carbocycles. The van der Waals surface area contributed by atoms with Crippen LogP contribution in [0.4, 0.5) is 51.2 Å². The van der Waals surface area contributed by atoms with Crippen molar-refractivity contribution >= 4 is 135 Å². The van der Waals surface area contributed by atoms with Crippen molar-refractivity contribution in [2.75, 3.05) is 14.7 Å². The lowest BCUT2D eigenvalue weighted by atomic mass is 9.67. The average Bonchev–Trinajstić information content (AvgIpc) is 1.50. The number of hydrogen-bond acceptors (Lipinski definition) is 5. The Labute approximate surface area is 628 Å². The van der Waals surface area contributed by atoms with Crippen LogP contribution in [0.5, 0.6) is 0 Å². The number of hydrogen-bond donors (Lipinski definition) is 0. The monoisotopic (exact) mass is 1400 g/mol. The maximum Gasteiger partial charge on any atom is 0.159 e. The van der Waals surface area contributed by atoms with Crippen LogP contribution < -0.4 is 25.1 Å². The van der Waals surface area contributed by atoms with Crippen molar-refractivity contribution in [1.29, 1.82) is 0 Å². The van der Waals surface area contributed by atoms with E-state index in [4.69, 9.17) is 8.83 Å². The van der Waals surface area contributed by atoms with Gasteiger partial charge in [0.15, 0.2) is 11.2 Å². The maximum absolute atomic E-state index is 7.28. The number of para-hydroxylation sites is 4. The van der Waals surface area contributed by atoms with E-state index in [1.54, 1.807) is 0 Å². The summed E-state index contributed by atoms with van der Waals surface area (Å²) in [5, 5.41) is 11.8. The fourth-order valence-corrected chi connectivity index (χ4v) is 21.4. The summed E-state index contributed by atoms with van der Waals surface area (Å²) in [6, 6.07) is 119. The highest BCUT2D eigenvalue weighted by Crippen LogP contribution is 2.62. The number of fused-ring (bicyclic) bond motifs is 15. The quantitative estimate of drug-likeness (QED) is 0.121. The lowest BCUT2D eigenvalue weighted by Gasteiger charge is -2.37. The van der Waals surface area contributed by atoms with Gasteiger partial charge in [0.05, 0.1) is 33.9 Å². The van der Waals surface area contributed by atoms with E-state index in [0.29, 0.717) is 0 Å². The molecule has 1 atom stereocenters. The number of nitrogens with zero attached hydrogens (tertiary/aromatic N) is 3. The lowest BCUT2D eigenvalue weighted by Crippen LogP contribution is -2.50. The molecule has 0 bridgehead atoms. The molecule has 0 fully saturated rings. The smallest absolute Gasteiger partial charge is 0.159 e. The summed E-state index contributed by atoms with van der Waals surface area (Å²) >= 11 is 0. The molecule has 1 aliphatic heterocycles. The van der Waals surface area contributed by atoms with Gasteiger partial charge in [0.1, 0.15) is 19.2 Å².